The summed E-state index contributed by atoms with van der Waals surface area (Å²) >= 11 is 0. The third kappa shape index (κ3) is 4.01. The lowest BCUT2D eigenvalue weighted by atomic mass is 10.2. The van der Waals surface area contributed by atoms with Crippen LogP contribution in [0.25, 0.3) is 0 Å². The number of carbonyl (C=O) groups excluding carboxylic acids is 1. The van der Waals surface area contributed by atoms with Crippen LogP contribution in [0, 0.1) is 15.9 Å². The molecule has 0 aromatic heterocycles. The second-order valence-electron chi connectivity index (χ2n) is 3.48. The molecule has 1 unspecified atom stereocenters. The SMILES string of the molecule is C=S(C)(=O)NC(=O)Nc1cc([N+](=O)[O-])ccc1F. The van der Waals surface area contributed by atoms with E-state index in [4.69, 9.17) is 0 Å². The summed E-state index contributed by atoms with van der Waals surface area (Å²) in [5, 5.41) is 12.5. The zero-order valence-corrected chi connectivity index (χ0v) is 10.1. The molecule has 2 amide bonds. The molecule has 0 aliphatic carbocycles. The summed E-state index contributed by atoms with van der Waals surface area (Å²) in [6.07, 6.45) is 1.18. The highest BCUT2D eigenvalue weighted by Crippen LogP contribution is 2.20. The standard InChI is InChI=1S/C9H10FN3O4S/c1-18(2,17)12-9(14)11-8-5-6(13(15)16)3-4-7(8)10/h3-5H,1H2,2H3,(H2,11,12,14,17). The van der Waals surface area contributed by atoms with Crippen LogP contribution in [-0.2, 0) is 9.71 Å². The van der Waals surface area contributed by atoms with Crippen molar-refractivity contribution in [1.82, 2.24) is 4.72 Å². The third-order valence-corrected chi connectivity index (χ3v) is 2.33. The Morgan fingerprint density at radius 2 is 2.17 bits per heavy atom. The number of rotatable bonds is 3. The molecule has 2 N–H and O–H groups in total. The Bertz CT molecular complexity index is 600. The predicted octanol–water partition coefficient (Wildman–Crippen LogP) is 1.12. The Labute approximate surface area is 102 Å². The number of hydrogen-bond acceptors (Lipinski definition) is 4. The van der Waals surface area contributed by atoms with Gasteiger partial charge in [0.1, 0.15) is 5.82 Å². The molecule has 1 aromatic carbocycles. The Balaban J connectivity index is 2.93. The molecule has 0 radical (unpaired) electrons. The number of halogens is 1. The van der Waals surface area contributed by atoms with Crippen LogP contribution in [0.3, 0.4) is 0 Å². The van der Waals surface area contributed by atoms with Crippen molar-refractivity contribution in [1.29, 1.82) is 0 Å². The molecule has 0 aliphatic heterocycles. The Morgan fingerprint density at radius 3 is 2.67 bits per heavy atom. The number of nitrogens with zero attached hydrogens (tertiary/aromatic N) is 1. The van der Waals surface area contributed by atoms with Crippen molar-refractivity contribution in [3.63, 3.8) is 0 Å². The molecule has 0 bridgehead atoms. The average Bonchev–Trinajstić information content (AvgIpc) is 2.18. The molecule has 0 saturated heterocycles. The van der Waals surface area contributed by atoms with E-state index in [1.54, 1.807) is 0 Å². The van der Waals surface area contributed by atoms with Gasteiger partial charge >= 0.3 is 6.03 Å². The van der Waals surface area contributed by atoms with Crippen molar-refractivity contribution in [3.8, 4) is 0 Å². The first kappa shape index (κ1) is 13.9. The second-order valence-corrected chi connectivity index (χ2v) is 5.70. The summed E-state index contributed by atoms with van der Waals surface area (Å²) in [5.74, 6) is 2.33. The van der Waals surface area contributed by atoms with E-state index in [0.717, 1.165) is 18.2 Å². The topological polar surface area (TPSA) is 101 Å². The van der Waals surface area contributed by atoms with Crippen LogP contribution in [0.1, 0.15) is 0 Å². The fourth-order valence-corrected chi connectivity index (χ4v) is 1.51. The van der Waals surface area contributed by atoms with E-state index in [0.29, 0.717) is 0 Å². The maximum atomic E-state index is 13.3. The van der Waals surface area contributed by atoms with Gasteiger partial charge < -0.3 is 5.32 Å². The Hall–Kier alpha value is -2.16. The molecule has 1 rings (SSSR count). The van der Waals surface area contributed by atoms with Crippen LogP contribution in [0.4, 0.5) is 20.6 Å². The first-order valence-electron chi connectivity index (χ1n) is 4.54. The van der Waals surface area contributed by atoms with Gasteiger partial charge in [0.05, 0.1) is 10.6 Å². The summed E-state index contributed by atoms with van der Waals surface area (Å²) < 4.78 is 26.4. The maximum absolute atomic E-state index is 13.3. The summed E-state index contributed by atoms with van der Waals surface area (Å²) in [6, 6.07) is 1.70. The van der Waals surface area contributed by atoms with Crippen LogP contribution in [0.2, 0.25) is 0 Å². The Morgan fingerprint density at radius 1 is 1.56 bits per heavy atom. The maximum Gasteiger partial charge on any atom is 0.330 e. The lowest BCUT2D eigenvalue weighted by Gasteiger charge is -2.08. The van der Waals surface area contributed by atoms with E-state index in [2.05, 4.69) is 5.87 Å². The number of non-ortho nitro benzene ring substituents is 1. The van der Waals surface area contributed by atoms with Crippen molar-refractivity contribution in [2.45, 2.75) is 0 Å². The van der Waals surface area contributed by atoms with E-state index in [9.17, 15) is 23.5 Å². The lowest BCUT2D eigenvalue weighted by Crippen LogP contribution is -2.33. The number of nitrogens with one attached hydrogen (secondary N) is 2. The highest BCUT2D eigenvalue weighted by molar-refractivity contribution is 7.98. The molecule has 0 spiro atoms. The highest BCUT2D eigenvalue weighted by atomic mass is 32.2. The van der Waals surface area contributed by atoms with Gasteiger partial charge in [-0.1, -0.05) is 0 Å². The molecule has 1 aromatic rings. The normalized spacial score (nSPS) is 13.4. The molecule has 0 aliphatic rings. The lowest BCUT2D eigenvalue weighted by molar-refractivity contribution is -0.384. The number of hydrogen-bond donors (Lipinski definition) is 2. The van der Waals surface area contributed by atoms with Crippen LogP contribution in [0.15, 0.2) is 18.2 Å². The van der Waals surface area contributed by atoms with Gasteiger partial charge in [0.2, 0.25) is 0 Å². The van der Waals surface area contributed by atoms with Crippen LogP contribution in [0.5, 0.6) is 0 Å². The largest absolute Gasteiger partial charge is 0.330 e. The van der Waals surface area contributed by atoms with Gasteiger partial charge in [-0.3, -0.25) is 14.8 Å². The zero-order valence-electron chi connectivity index (χ0n) is 9.31. The van der Waals surface area contributed by atoms with Crippen LogP contribution >= 0.6 is 0 Å². The molecule has 1 atom stereocenters. The number of anilines is 1. The summed E-state index contributed by atoms with van der Waals surface area (Å²) in [5.41, 5.74) is -0.760. The van der Waals surface area contributed by atoms with Gasteiger partial charge in [0.25, 0.3) is 5.69 Å². The fourth-order valence-electron chi connectivity index (χ4n) is 1.07. The number of nitro benzene ring substituents is 1. The molecule has 98 valence electrons. The number of carbonyl (C=O) groups is 1. The van der Waals surface area contributed by atoms with Crippen molar-refractivity contribution in [3.05, 3.63) is 34.1 Å². The van der Waals surface area contributed by atoms with Crippen molar-refractivity contribution in [2.24, 2.45) is 0 Å². The van der Waals surface area contributed by atoms with E-state index < -0.39 is 26.5 Å². The summed E-state index contributed by atoms with van der Waals surface area (Å²) in [7, 11) is -2.80. The first-order valence-corrected chi connectivity index (χ1v) is 6.67. The quantitative estimate of drug-likeness (QED) is 0.490. The monoisotopic (exact) mass is 275 g/mol. The number of benzene rings is 1. The molecular formula is C9H10FN3O4S. The van der Waals surface area contributed by atoms with Crippen LogP contribution in [-0.4, -0.2) is 27.3 Å². The average molecular weight is 275 g/mol. The zero-order chi connectivity index (χ0) is 13.9. The van der Waals surface area contributed by atoms with Gasteiger partial charge in [-0.15, -0.1) is 0 Å². The molecular weight excluding hydrogens is 265 g/mol. The first-order chi connectivity index (χ1) is 8.19. The smallest absolute Gasteiger partial charge is 0.304 e. The second kappa shape index (κ2) is 5.00. The number of amides is 2. The highest BCUT2D eigenvalue weighted by Gasteiger charge is 2.13. The van der Waals surface area contributed by atoms with Gasteiger partial charge in [0.15, 0.2) is 0 Å². The molecule has 0 fully saturated rings. The van der Waals surface area contributed by atoms with Gasteiger partial charge in [-0.2, -0.15) is 0 Å². The van der Waals surface area contributed by atoms with E-state index in [1.165, 1.54) is 6.26 Å². The summed E-state index contributed by atoms with van der Waals surface area (Å²) in [6.45, 7) is 0. The minimum absolute atomic E-state index is 0.376. The fraction of sp³-hybridized carbons (Fsp3) is 0.111. The minimum atomic E-state index is -2.80. The van der Waals surface area contributed by atoms with Gasteiger partial charge in [0, 0.05) is 28.1 Å². The van der Waals surface area contributed by atoms with Gasteiger partial charge in [-0.25, -0.2) is 13.4 Å². The molecule has 18 heavy (non-hydrogen) atoms. The summed E-state index contributed by atoms with van der Waals surface area (Å²) in [4.78, 5) is 21.0. The molecule has 0 heterocycles. The molecule has 0 saturated carbocycles. The predicted molar refractivity (Wildman–Crippen MR) is 66.4 cm³/mol. The van der Waals surface area contributed by atoms with E-state index in [-0.39, 0.29) is 11.4 Å². The Kier molecular flexibility index (Phi) is 3.86. The van der Waals surface area contributed by atoms with E-state index >= 15 is 0 Å². The van der Waals surface area contributed by atoms with Crippen molar-refractivity contribution >= 4 is 33.0 Å². The van der Waals surface area contributed by atoms with Crippen molar-refractivity contribution < 1.29 is 18.3 Å². The van der Waals surface area contributed by atoms with Crippen molar-refractivity contribution in [2.75, 3.05) is 11.6 Å². The van der Waals surface area contributed by atoms with Crippen LogP contribution < -0.4 is 10.0 Å². The van der Waals surface area contributed by atoms with Gasteiger partial charge in [-0.05, 0) is 11.9 Å². The van der Waals surface area contributed by atoms with E-state index in [1.807, 2.05) is 10.0 Å². The molecule has 9 heteroatoms. The third-order valence-electron chi connectivity index (χ3n) is 1.72. The number of urea groups is 1. The molecule has 7 nitrogen and oxygen atoms in total. The minimum Gasteiger partial charge on any atom is -0.304 e. The number of nitro groups is 1.